The summed E-state index contributed by atoms with van der Waals surface area (Å²) < 4.78 is 29.4. The van der Waals surface area contributed by atoms with E-state index in [1.165, 1.54) is 10.6 Å². The number of hydrogen-bond acceptors (Lipinski definition) is 3. The molecule has 4 nitrogen and oxygen atoms in total. The molecular weight excluding hydrogens is 358 g/mol. The molecule has 2 aromatic carbocycles. The molecule has 2 aromatic heterocycles. The quantitative estimate of drug-likeness (QED) is 0.508. The van der Waals surface area contributed by atoms with E-state index in [0.717, 1.165) is 17.7 Å². The van der Waals surface area contributed by atoms with Crippen LogP contribution in [0.15, 0.2) is 54.7 Å². The van der Waals surface area contributed by atoms with Crippen molar-refractivity contribution in [3.63, 3.8) is 0 Å². The molecule has 0 amide bonds. The summed E-state index contributed by atoms with van der Waals surface area (Å²) in [7, 11) is 0. The Morgan fingerprint density at radius 2 is 1.69 bits per heavy atom. The van der Waals surface area contributed by atoms with Crippen LogP contribution in [0.25, 0.3) is 28.2 Å². The molecular formula is C19H9ClF2N4. The molecule has 0 bridgehead atoms. The van der Waals surface area contributed by atoms with Crippen molar-refractivity contribution in [2.24, 2.45) is 0 Å². The molecule has 0 radical (unpaired) electrons. The minimum Gasteiger partial charge on any atom is -0.219 e. The van der Waals surface area contributed by atoms with E-state index in [4.69, 9.17) is 11.6 Å². The van der Waals surface area contributed by atoms with Gasteiger partial charge in [-0.1, -0.05) is 29.8 Å². The number of rotatable bonds is 2. The van der Waals surface area contributed by atoms with Gasteiger partial charge in [-0.15, -0.1) is 5.10 Å². The van der Waals surface area contributed by atoms with Gasteiger partial charge in [0.15, 0.2) is 11.5 Å². The second kappa shape index (κ2) is 6.21. The van der Waals surface area contributed by atoms with Crippen LogP contribution in [-0.4, -0.2) is 14.6 Å². The first-order chi connectivity index (χ1) is 12.6. The van der Waals surface area contributed by atoms with E-state index in [1.807, 2.05) is 0 Å². The van der Waals surface area contributed by atoms with Crippen molar-refractivity contribution in [2.75, 3.05) is 0 Å². The normalized spacial score (nSPS) is 10.8. The van der Waals surface area contributed by atoms with Crippen LogP contribution in [0.5, 0.6) is 0 Å². The van der Waals surface area contributed by atoms with E-state index in [1.54, 1.807) is 36.5 Å². The second-order valence-electron chi connectivity index (χ2n) is 5.52. The van der Waals surface area contributed by atoms with Crippen molar-refractivity contribution >= 4 is 17.2 Å². The smallest absolute Gasteiger partial charge is 0.188 e. The van der Waals surface area contributed by atoms with Gasteiger partial charge in [0.05, 0.1) is 5.56 Å². The van der Waals surface area contributed by atoms with Crippen LogP contribution in [0, 0.1) is 23.0 Å². The molecule has 0 atom stereocenters. The van der Waals surface area contributed by atoms with Crippen molar-refractivity contribution in [3.05, 3.63) is 76.9 Å². The number of pyridine rings is 1. The lowest BCUT2D eigenvalue weighted by Crippen LogP contribution is -1.94. The zero-order valence-corrected chi connectivity index (χ0v) is 13.9. The number of benzene rings is 2. The average Bonchev–Trinajstić information content (AvgIpc) is 3.05. The Kier molecular flexibility index (Phi) is 3.86. The summed E-state index contributed by atoms with van der Waals surface area (Å²) in [6, 6.07) is 14.3. The molecule has 0 aliphatic heterocycles. The standard InChI is InChI=1S/C19H9ClF2N4/c20-12-6-4-11(5-7-12)13-8-9-26-19(14(13)10-23)24-18(25-26)17-15(21)2-1-3-16(17)22/h1-9H. The Bertz CT molecular complexity index is 1160. The molecule has 0 fully saturated rings. The molecule has 0 saturated heterocycles. The predicted octanol–water partition coefficient (Wildman–Crippen LogP) is 4.87. The first kappa shape index (κ1) is 16.2. The lowest BCUT2D eigenvalue weighted by Gasteiger charge is -2.05. The predicted molar refractivity (Wildman–Crippen MR) is 93.5 cm³/mol. The highest BCUT2D eigenvalue weighted by Crippen LogP contribution is 2.29. The molecule has 26 heavy (non-hydrogen) atoms. The van der Waals surface area contributed by atoms with Crippen molar-refractivity contribution in [1.29, 1.82) is 5.26 Å². The zero-order chi connectivity index (χ0) is 18.3. The van der Waals surface area contributed by atoms with E-state index in [-0.39, 0.29) is 22.6 Å². The van der Waals surface area contributed by atoms with E-state index in [9.17, 15) is 14.0 Å². The average molecular weight is 367 g/mol. The maximum Gasteiger partial charge on any atom is 0.188 e. The summed E-state index contributed by atoms with van der Waals surface area (Å²) in [4.78, 5) is 4.20. The van der Waals surface area contributed by atoms with E-state index >= 15 is 0 Å². The van der Waals surface area contributed by atoms with Crippen molar-refractivity contribution < 1.29 is 8.78 Å². The molecule has 0 saturated carbocycles. The number of halogens is 3. The lowest BCUT2D eigenvalue weighted by atomic mass is 10.0. The van der Waals surface area contributed by atoms with Gasteiger partial charge in [0.25, 0.3) is 0 Å². The summed E-state index contributed by atoms with van der Waals surface area (Å²) in [5.74, 6) is -1.65. The van der Waals surface area contributed by atoms with E-state index in [0.29, 0.717) is 10.6 Å². The number of fused-ring (bicyclic) bond motifs is 1. The summed E-state index contributed by atoms with van der Waals surface area (Å²) in [5.41, 5.74) is 1.55. The van der Waals surface area contributed by atoms with Gasteiger partial charge < -0.3 is 0 Å². The van der Waals surface area contributed by atoms with Crippen LogP contribution in [0.2, 0.25) is 5.02 Å². The van der Waals surface area contributed by atoms with E-state index < -0.39 is 11.6 Å². The van der Waals surface area contributed by atoms with Gasteiger partial charge in [-0.25, -0.2) is 18.3 Å². The SMILES string of the molecule is N#Cc1c(-c2ccc(Cl)cc2)ccn2nc(-c3c(F)cccc3F)nc12. The Balaban J connectivity index is 1.95. The van der Waals surface area contributed by atoms with Gasteiger partial charge in [-0.2, -0.15) is 5.26 Å². The highest BCUT2D eigenvalue weighted by Gasteiger charge is 2.19. The van der Waals surface area contributed by atoms with Gasteiger partial charge in [-0.3, -0.25) is 0 Å². The van der Waals surface area contributed by atoms with Crippen molar-refractivity contribution in [1.82, 2.24) is 14.6 Å². The highest BCUT2D eigenvalue weighted by molar-refractivity contribution is 6.30. The first-order valence-corrected chi connectivity index (χ1v) is 7.96. The summed E-state index contributed by atoms with van der Waals surface area (Å²) in [6.07, 6.45) is 1.59. The van der Waals surface area contributed by atoms with Crippen molar-refractivity contribution in [2.45, 2.75) is 0 Å². The van der Waals surface area contributed by atoms with Crippen molar-refractivity contribution in [3.8, 4) is 28.6 Å². The van der Waals surface area contributed by atoms with Crippen LogP contribution in [-0.2, 0) is 0 Å². The summed E-state index contributed by atoms with van der Waals surface area (Å²) in [6.45, 7) is 0. The molecule has 0 unspecified atom stereocenters. The van der Waals surface area contributed by atoms with Gasteiger partial charge in [0, 0.05) is 16.8 Å². The van der Waals surface area contributed by atoms with Crippen LogP contribution < -0.4 is 0 Å². The van der Waals surface area contributed by atoms with Gasteiger partial charge in [0.2, 0.25) is 0 Å². The fourth-order valence-electron chi connectivity index (χ4n) is 2.74. The fraction of sp³-hybridized carbons (Fsp3) is 0. The molecule has 7 heteroatoms. The molecule has 4 aromatic rings. The van der Waals surface area contributed by atoms with Crippen LogP contribution in [0.4, 0.5) is 8.78 Å². The maximum atomic E-state index is 14.0. The Labute approximate surface area is 151 Å². The topological polar surface area (TPSA) is 54.0 Å². The maximum absolute atomic E-state index is 14.0. The van der Waals surface area contributed by atoms with E-state index in [2.05, 4.69) is 16.2 Å². The molecule has 0 aliphatic carbocycles. The minimum absolute atomic E-state index is 0.120. The largest absolute Gasteiger partial charge is 0.219 e. The molecule has 0 aliphatic rings. The number of hydrogen-bond donors (Lipinski definition) is 0. The Morgan fingerprint density at radius 1 is 1.00 bits per heavy atom. The minimum atomic E-state index is -0.766. The third kappa shape index (κ3) is 2.59. The fourth-order valence-corrected chi connectivity index (χ4v) is 2.87. The zero-order valence-electron chi connectivity index (χ0n) is 13.1. The third-order valence-electron chi connectivity index (χ3n) is 3.96. The number of nitriles is 1. The van der Waals surface area contributed by atoms with Gasteiger partial charge >= 0.3 is 0 Å². The van der Waals surface area contributed by atoms with Crippen LogP contribution in [0.3, 0.4) is 0 Å². The molecule has 0 spiro atoms. The molecule has 0 N–H and O–H groups in total. The number of nitrogens with zero attached hydrogens (tertiary/aromatic N) is 4. The summed E-state index contributed by atoms with van der Waals surface area (Å²) in [5, 5.41) is 14.3. The Morgan fingerprint density at radius 3 is 2.35 bits per heavy atom. The third-order valence-corrected chi connectivity index (χ3v) is 4.21. The highest BCUT2D eigenvalue weighted by atomic mass is 35.5. The van der Waals surface area contributed by atoms with Gasteiger partial charge in [0.1, 0.15) is 23.3 Å². The molecule has 2 heterocycles. The Hall–Kier alpha value is -3.30. The second-order valence-corrected chi connectivity index (χ2v) is 5.96. The first-order valence-electron chi connectivity index (χ1n) is 7.58. The molecule has 4 rings (SSSR count). The van der Waals surface area contributed by atoms with Crippen LogP contribution in [0.1, 0.15) is 5.56 Å². The lowest BCUT2D eigenvalue weighted by molar-refractivity contribution is 0.587. The monoisotopic (exact) mass is 366 g/mol. The van der Waals surface area contributed by atoms with Crippen LogP contribution >= 0.6 is 11.6 Å². The summed E-state index contributed by atoms with van der Waals surface area (Å²) >= 11 is 5.91. The van der Waals surface area contributed by atoms with Gasteiger partial charge in [-0.05, 0) is 35.9 Å². The molecule has 126 valence electrons. The number of aromatic nitrogens is 3.